The molecule has 1 aromatic rings. The summed E-state index contributed by atoms with van der Waals surface area (Å²) in [5, 5.41) is 0. The fraction of sp³-hybridized carbons (Fsp3) is 0.500. The van der Waals surface area contributed by atoms with E-state index in [0.717, 1.165) is 6.42 Å². The van der Waals surface area contributed by atoms with Gasteiger partial charge >= 0.3 is 5.97 Å². The maximum absolute atomic E-state index is 12.7. The number of sulfonamides is 1. The number of nitrogens with zero attached hydrogens (tertiary/aromatic N) is 1. The molecule has 2 rings (SSSR count). The molecule has 130 valence electrons. The van der Waals surface area contributed by atoms with Crippen molar-refractivity contribution in [1.82, 2.24) is 4.31 Å². The van der Waals surface area contributed by atoms with Gasteiger partial charge in [0.15, 0.2) is 0 Å². The van der Waals surface area contributed by atoms with Crippen molar-refractivity contribution in [3.05, 3.63) is 28.2 Å². The van der Waals surface area contributed by atoms with Gasteiger partial charge in [-0.1, -0.05) is 6.92 Å². The molecule has 1 unspecified atom stereocenters. The van der Waals surface area contributed by atoms with Gasteiger partial charge in [0.05, 0.1) is 17.6 Å². The van der Waals surface area contributed by atoms with Crippen molar-refractivity contribution in [3.8, 4) is 0 Å². The predicted octanol–water partition coefficient (Wildman–Crippen LogP) is 2.02. The summed E-state index contributed by atoms with van der Waals surface area (Å²) in [7, 11) is -2.34. The zero-order valence-electron chi connectivity index (χ0n) is 12.9. The minimum absolute atomic E-state index is 0. The van der Waals surface area contributed by atoms with Crippen LogP contribution in [0.3, 0.4) is 0 Å². The molecule has 23 heavy (non-hydrogen) atoms. The van der Waals surface area contributed by atoms with Crippen LogP contribution in [0.15, 0.2) is 27.6 Å². The Hall–Kier alpha value is -0.670. The lowest BCUT2D eigenvalue weighted by molar-refractivity contribution is 0.0600. The monoisotopic (exact) mass is 426 g/mol. The number of carbonyl (C=O) groups is 1. The highest BCUT2D eigenvalue weighted by atomic mass is 79.9. The molecule has 0 spiro atoms. The van der Waals surface area contributed by atoms with Crippen LogP contribution in [0, 0.1) is 5.41 Å². The largest absolute Gasteiger partial charge is 0.465 e. The van der Waals surface area contributed by atoms with Gasteiger partial charge in [0.1, 0.15) is 0 Å². The van der Waals surface area contributed by atoms with Crippen molar-refractivity contribution in [2.24, 2.45) is 11.1 Å². The average Bonchev–Trinajstić information content (AvgIpc) is 2.90. The zero-order chi connectivity index (χ0) is 16.5. The molecule has 1 saturated heterocycles. The normalized spacial score (nSPS) is 21.7. The molecule has 1 aliphatic heterocycles. The molecular weight excluding hydrogens is 408 g/mol. The molecule has 0 amide bonds. The quantitative estimate of drug-likeness (QED) is 0.743. The molecule has 1 aliphatic rings. The molecule has 0 bridgehead atoms. The van der Waals surface area contributed by atoms with Crippen LogP contribution in [-0.2, 0) is 14.8 Å². The molecule has 1 fully saturated rings. The van der Waals surface area contributed by atoms with Crippen molar-refractivity contribution < 1.29 is 17.9 Å². The lowest BCUT2D eigenvalue weighted by atomic mass is 9.90. The van der Waals surface area contributed by atoms with Crippen molar-refractivity contribution in [2.45, 2.75) is 18.2 Å². The Labute approximate surface area is 151 Å². The summed E-state index contributed by atoms with van der Waals surface area (Å²) in [6.45, 7) is 3.28. The number of benzene rings is 1. The second-order valence-corrected chi connectivity index (χ2v) is 8.50. The van der Waals surface area contributed by atoms with Gasteiger partial charge in [-0.2, -0.15) is 4.31 Å². The van der Waals surface area contributed by atoms with Crippen molar-refractivity contribution >= 4 is 44.3 Å². The lowest BCUT2D eigenvalue weighted by Crippen LogP contribution is -2.34. The highest BCUT2D eigenvalue weighted by molar-refractivity contribution is 9.10. The molecule has 1 heterocycles. The van der Waals surface area contributed by atoms with Gasteiger partial charge in [-0.15, -0.1) is 12.4 Å². The Balaban J connectivity index is 0.00000264. The zero-order valence-corrected chi connectivity index (χ0v) is 16.1. The van der Waals surface area contributed by atoms with Crippen LogP contribution >= 0.6 is 28.3 Å². The van der Waals surface area contributed by atoms with E-state index in [2.05, 4.69) is 20.7 Å². The van der Waals surface area contributed by atoms with Crippen LogP contribution < -0.4 is 5.73 Å². The van der Waals surface area contributed by atoms with Crippen LogP contribution in [-0.4, -0.2) is 45.4 Å². The first-order valence-electron chi connectivity index (χ1n) is 6.81. The summed E-state index contributed by atoms with van der Waals surface area (Å²) in [5.74, 6) is -0.512. The van der Waals surface area contributed by atoms with Crippen LogP contribution in [0.2, 0.25) is 0 Å². The molecule has 1 aromatic carbocycles. The van der Waals surface area contributed by atoms with Gasteiger partial charge < -0.3 is 10.5 Å². The van der Waals surface area contributed by atoms with E-state index in [-0.39, 0.29) is 22.7 Å². The van der Waals surface area contributed by atoms with Crippen LogP contribution in [0.25, 0.3) is 0 Å². The number of esters is 1. The minimum Gasteiger partial charge on any atom is -0.465 e. The fourth-order valence-electron chi connectivity index (χ4n) is 2.44. The van der Waals surface area contributed by atoms with E-state index in [4.69, 9.17) is 5.73 Å². The third-order valence-electron chi connectivity index (χ3n) is 3.99. The number of carbonyl (C=O) groups excluding carboxylic acids is 1. The average molecular weight is 428 g/mol. The fourth-order valence-corrected chi connectivity index (χ4v) is 5.07. The maximum Gasteiger partial charge on any atom is 0.337 e. The molecule has 9 heteroatoms. The number of methoxy groups -OCH3 is 1. The Morgan fingerprint density at radius 2 is 2.13 bits per heavy atom. The summed E-state index contributed by atoms with van der Waals surface area (Å²) in [6.07, 6.45) is 0.737. The van der Waals surface area contributed by atoms with Gasteiger partial charge in [0.25, 0.3) is 0 Å². The van der Waals surface area contributed by atoms with Gasteiger partial charge in [-0.3, -0.25) is 0 Å². The first-order chi connectivity index (χ1) is 10.2. The topological polar surface area (TPSA) is 89.7 Å². The van der Waals surface area contributed by atoms with E-state index in [9.17, 15) is 13.2 Å². The van der Waals surface area contributed by atoms with Crippen molar-refractivity contribution in [2.75, 3.05) is 26.7 Å². The number of rotatable bonds is 4. The van der Waals surface area contributed by atoms with Crippen LogP contribution in [0.1, 0.15) is 23.7 Å². The van der Waals surface area contributed by atoms with E-state index in [1.54, 1.807) is 0 Å². The smallest absolute Gasteiger partial charge is 0.337 e. The van der Waals surface area contributed by atoms with Gasteiger partial charge in [-0.05, 0) is 52.5 Å². The number of hydrogen-bond donors (Lipinski definition) is 1. The van der Waals surface area contributed by atoms with E-state index >= 15 is 0 Å². The summed E-state index contributed by atoms with van der Waals surface area (Å²) in [4.78, 5) is 11.6. The minimum atomic E-state index is -3.62. The first kappa shape index (κ1) is 20.4. The van der Waals surface area contributed by atoms with E-state index in [0.29, 0.717) is 29.7 Å². The van der Waals surface area contributed by atoms with E-state index in [1.807, 2.05) is 6.92 Å². The Kier molecular flexibility index (Phi) is 6.63. The van der Waals surface area contributed by atoms with Gasteiger partial charge in [0, 0.05) is 17.6 Å². The Morgan fingerprint density at radius 3 is 2.61 bits per heavy atom. The molecule has 6 nitrogen and oxygen atoms in total. The second kappa shape index (κ2) is 7.48. The highest BCUT2D eigenvalue weighted by Gasteiger charge is 2.39. The molecule has 1 atom stereocenters. The Morgan fingerprint density at radius 1 is 1.48 bits per heavy atom. The first-order valence-corrected chi connectivity index (χ1v) is 9.05. The lowest BCUT2D eigenvalue weighted by Gasteiger charge is -2.22. The molecule has 0 saturated carbocycles. The molecular formula is C14H20BrClN2O4S. The highest BCUT2D eigenvalue weighted by Crippen LogP contribution is 2.34. The maximum atomic E-state index is 12.7. The predicted molar refractivity (Wildman–Crippen MR) is 93.3 cm³/mol. The van der Waals surface area contributed by atoms with E-state index in [1.165, 1.54) is 29.6 Å². The number of hydrogen-bond acceptors (Lipinski definition) is 5. The third-order valence-corrected chi connectivity index (χ3v) is 6.81. The van der Waals surface area contributed by atoms with Crippen LogP contribution in [0.4, 0.5) is 0 Å². The van der Waals surface area contributed by atoms with E-state index < -0.39 is 16.0 Å². The molecule has 0 radical (unpaired) electrons. The van der Waals surface area contributed by atoms with Crippen molar-refractivity contribution in [3.63, 3.8) is 0 Å². The van der Waals surface area contributed by atoms with Crippen LogP contribution in [0.5, 0.6) is 0 Å². The molecule has 0 aliphatic carbocycles. The van der Waals surface area contributed by atoms with Crippen molar-refractivity contribution in [1.29, 1.82) is 0 Å². The Bertz CT molecular complexity index is 698. The summed E-state index contributed by atoms with van der Waals surface area (Å²) in [5.41, 5.74) is 5.83. The second-order valence-electron chi connectivity index (χ2n) is 5.74. The number of ether oxygens (including phenoxy) is 1. The standard InChI is InChI=1S/C14H19BrN2O4S.ClH/c1-14(8-16)5-6-17(9-14)22(19,20)12-4-3-10(7-11(12)15)13(18)21-2;/h3-4,7H,5-6,8-9,16H2,1-2H3;1H. The molecule has 2 N–H and O–H groups in total. The van der Waals surface area contributed by atoms with Gasteiger partial charge in [-0.25, -0.2) is 13.2 Å². The van der Waals surface area contributed by atoms with Gasteiger partial charge in [0.2, 0.25) is 10.0 Å². The summed E-state index contributed by atoms with van der Waals surface area (Å²) >= 11 is 3.23. The third kappa shape index (κ3) is 4.06. The summed E-state index contributed by atoms with van der Waals surface area (Å²) in [6, 6.07) is 4.32. The SMILES string of the molecule is COC(=O)c1ccc(S(=O)(=O)N2CCC(C)(CN)C2)c(Br)c1.Cl. The number of nitrogens with two attached hydrogens (primary N) is 1. The molecule has 0 aromatic heterocycles. The summed E-state index contributed by atoms with van der Waals surface area (Å²) < 4.78 is 31.9. The number of halogens is 2.